The van der Waals surface area contributed by atoms with Crippen molar-refractivity contribution in [3.63, 3.8) is 0 Å². The smallest absolute Gasteiger partial charge is 0.0739 e. The quantitative estimate of drug-likeness (QED) is 0.564. The molecule has 0 heterocycles. The molecule has 0 aromatic heterocycles. The standard InChI is InChI=1S/C16H21NOS/c1-2-11-18-16-9-5-14(6-10-16)13-3-7-15(8-4-13)17-12-19/h3-4,7-8,14,16H,2,5-6,9-11H2,1H3. The number of hydrogen-bond donors (Lipinski definition) is 0. The molecule has 0 amide bonds. The van der Waals surface area contributed by atoms with Gasteiger partial charge in [0.05, 0.1) is 17.0 Å². The first-order valence-electron chi connectivity index (χ1n) is 7.13. The zero-order valence-corrected chi connectivity index (χ0v) is 12.3. The second-order valence-corrected chi connectivity index (χ2v) is 5.32. The van der Waals surface area contributed by atoms with E-state index in [0.29, 0.717) is 12.0 Å². The Morgan fingerprint density at radius 3 is 2.47 bits per heavy atom. The summed E-state index contributed by atoms with van der Waals surface area (Å²) in [5.74, 6) is 0.673. The highest BCUT2D eigenvalue weighted by Gasteiger charge is 2.22. The number of aliphatic imine (C=N–C) groups is 1. The molecule has 0 N–H and O–H groups in total. The largest absolute Gasteiger partial charge is 0.378 e. The summed E-state index contributed by atoms with van der Waals surface area (Å²) in [4.78, 5) is 3.98. The summed E-state index contributed by atoms with van der Waals surface area (Å²) < 4.78 is 5.83. The van der Waals surface area contributed by atoms with E-state index in [0.717, 1.165) is 18.7 Å². The summed E-state index contributed by atoms with van der Waals surface area (Å²) in [5, 5.41) is 2.40. The molecule has 1 aromatic carbocycles. The van der Waals surface area contributed by atoms with Gasteiger partial charge in [-0.15, -0.1) is 0 Å². The van der Waals surface area contributed by atoms with Gasteiger partial charge in [-0.3, -0.25) is 0 Å². The third kappa shape index (κ3) is 4.24. The molecule has 1 saturated carbocycles. The zero-order chi connectivity index (χ0) is 13.5. The minimum absolute atomic E-state index is 0.481. The molecule has 1 fully saturated rings. The molecule has 2 rings (SSSR count). The van der Waals surface area contributed by atoms with Crippen LogP contribution in [0, 0.1) is 0 Å². The molecular formula is C16H21NOS. The van der Waals surface area contributed by atoms with Gasteiger partial charge in [0, 0.05) is 6.61 Å². The summed E-state index contributed by atoms with van der Waals surface area (Å²) in [5.41, 5.74) is 2.30. The maximum absolute atomic E-state index is 5.83. The Morgan fingerprint density at radius 2 is 1.89 bits per heavy atom. The van der Waals surface area contributed by atoms with Gasteiger partial charge < -0.3 is 4.74 Å². The fraction of sp³-hybridized carbons (Fsp3) is 0.562. The fourth-order valence-electron chi connectivity index (χ4n) is 2.72. The molecule has 0 bridgehead atoms. The van der Waals surface area contributed by atoms with Gasteiger partial charge in [0.2, 0.25) is 0 Å². The van der Waals surface area contributed by atoms with E-state index in [-0.39, 0.29) is 0 Å². The Kier molecular flexibility index (Phi) is 5.71. The Labute approximate surface area is 120 Å². The highest BCUT2D eigenvalue weighted by Crippen LogP contribution is 2.34. The van der Waals surface area contributed by atoms with Crippen molar-refractivity contribution in [3.05, 3.63) is 29.8 Å². The average molecular weight is 275 g/mol. The van der Waals surface area contributed by atoms with Gasteiger partial charge in [0.25, 0.3) is 0 Å². The number of rotatable bonds is 5. The molecular weight excluding hydrogens is 254 g/mol. The van der Waals surface area contributed by atoms with Gasteiger partial charge >= 0.3 is 0 Å². The zero-order valence-electron chi connectivity index (χ0n) is 11.5. The van der Waals surface area contributed by atoms with Crippen molar-refractivity contribution in [2.24, 2.45) is 4.99 Å². The highest BCUT2D eigenvalue weighted by molar-refractivity contribution is 7.78. The van der Waals surface area contributed by atoms with E-state index < -0.39 is 0 Å². The number of hydrogen-bond acceptors (Lipinski definition) is 3. The predicted octanol–water partition coefficient (Wildman–Crippen LogP) is 4.87. The van der Waals surface area contributed by atoms with Crippen LogP contribution in [-0.4, -0.2) is 17.9 Å². The molecule has 1 aromatic rings. The molecule has 0 unspecified atom stereocenters. The maximum Gasteiger partial charge on any atom is 0.0739 e. The van der Waals surface area contributed by atoms with E-state index in [4.69, 9.17) is 4.74 Å². The van der Waals surface area contributed by atoms with Gasteiger partial charge in [-0.05, 0) is 67.9 Å². The second-order valence-electron chi connectivity index (χ2n) is 5.14. The third-order valence-corrected chi connectivity index (χ3v) is 3.86. The fourth-order valence-corrected chi connectivity index (χ4v) is 2.83. The topological polar surface area (TPSA) is 21.6 Å². The molecule has 102 valence electrons. The molecule has 1 aliphatic carbocycles. The van der Waals surface area contributed by atoms with Crippen LogP contribution in [0.3, 0.4) is 0 Å². The monoisotopic (exact) mass is 275 g/mol. The van der Waals surface area contributed by atoms with Crippen LogP contribution >= 0.6 is 12.2 Å². The van der Waals surface area contributed by atoms with Crippen LogP contribution in [0.4, 0.5) is 5.69 Å². The summed E-state index contributed by atoms with van der Waals surface area (Å²) in [6.07, 6.45) is 6.42. The molecule has 1 aliphatic rings. The van der Waals surface area contributed by atoms with Crippen LogP contribution < -0.4 is 0 Å². The number of ether oxygens (including phenoxy) is 1. The summed E-state index contributed by atoms with van der Waals surface area (Å²) in [6.45, 7) is 3.07. The maximum atomic E-state index is 5.83. The first-order chi connectivity index (χ1) is 9.33. The molecule has 3 heteroatoms. The number of nitrogens with zero attached hydrogens (tertiary/aromatic N) is 1. The SMILES string of the molecule is CCCOC1CCC(c2ccc(N=C=S)cc2)CC1. The molecule has 0 aliphatic heterocycles. The van der Waals surface area contributed by atoms with Gasteiger partial charge in [0.1, 0.15) is 0 Å². The first-order valence-corrected chi connectivity index (χ1v) is 7.53. The molecule has 19 heavy (non-hydrogen) atoms. The van der Waals surface area contributed by atoms with Gasteiger partial charge in [-0.2, -0.15) is 4.99 Å². The molecule has 0 atom stereocenters. The number of thiocarbonyl (C=S) groups is 1. The van der Waals surface area contributed by atoms with Crippen LogP contribution in [0.25, 0.3) is 0 Å². The average Bonchev–Trinajstić information content (AvgIpc) is 2.47. The summed E-state index contributed by atoms with van der Waals surface area (Å²) in [7, 11) is 0. The minimum atomic E-state index is 0.481. The Balaban J connectivity index is 1.88. The van der Waals surface area contributed by atoms with Gasteiger partial charge in [-0.1, -0.05) is 19.1 Å². The Bertz CT molecular complexity index is 429. The molecule has 0 saturated heterocycles. The Hall–Kier alpha value is -1.02. The van der Waals surface area contributed by atoms with Crippen molar-refractivity contribution in [1.29, 1.82) is 0 Å². The first kappa shape index (κ1) is 14.4. The van der Waals surface area contributed by atoms with E-state index in [1.54, 1.807) is 0 Å². The van der Waals surface area contributed by atoms with E-state index in [1.807, 2.05) is 12.1 Å². The second kappa shape index (κ2) is 7.54. The van der Waals surface area contributed by atoms with Gasteiger partial charge in [-0.25, -0.2) is 0 Å². The summed E-state index contributed by atoms with van der Waals surface area (Å²) in [6, 6.07) is 8.38. The summed E-state index contributed by atoms with van der Waals surface area (Å²) >= 11 is 4.61. The lowest BCUT2D eigenvalue weighted by Gasteiger charge is -2.28. The van der Waals surface area contributed by atoms with Crippen molar-refractivity contribution in [2.75, 3.05) is 6.61 Å². The number of benzene rings is 1. The van der Waals surface area contributed by atoms with Crippen LogP contribution in [0.15, 0.2) is 29.3 Å². The molecule has 0 spiro atoms. The van der Waals surface area contributed by atoms with Crippen molar-refractivity contribution < 1.29 is 4.74 Å². The van der Waals surface area contributed by atoms with Crippen LogP contribution in [0.1, 0.15) is 50.5 Å². The van der Waals surface area contributed by atoms with Crippen LogP contribution in [-0.2, 0) is 4.74 Å². The van der Waals surface area contributed by atoms with E-state index in [1.165, 1.54) is 31.2 Å². The van der Waals surface area contributed by atoms with Crippen molar-refractivity contribution in [2.45, 2.75) is 51.0 Å². The van der Waals surface area contributed by atoms with Gasteiger partial charge in [0.15, 0.2) is 0 Å². The lowest BCUT2D eigenvalue weighted by Crippen LogP contribution is -2.21. The van der Waals surface area contributed by atoms with E-state index in [9.17, 15) is 0 Å². The van der Waals surface area contributed by atoms with E-state index in [2.05, 4.69) is 41.4 Å². The van der Waals surface area contributed by atoms with E-state index >= 15 is 0 Å². The van der Waals surface area contributed by atoms with Crippen molar-refractivity contribution >= 4 is 23.1 Å². The Morgan fingerprint density at radius 1 is 1.21 bits per heavy atom. The molecule has 0 radical (unpaired) electrons. The minimum Gasteiger partial charge on any atom is -0.378 e. The molecule has 2 nitrogen and oxygen atoms in total. The highest BCUT2D eigenvalue weighted by atomic mass is 32.1. The predicted molar refractivity (Wildman–Crippen MR) is 82.4 cm³/mol. The van der Waals surface area contributed by atoms with Crippen LogP contribution in [0.2, 0.25) is 0 Å². The van der Waals surface area contributed by atoms with Crippen molar-refractivity contribution in [3.8, 4) is 0 Å². The number of isothiocyanates is 1. The lowest BCUT2D eigenvalue weighted by molar-refractivity contribution is 0.0251. The third-order valence-electron chi connectivity index (χ3n) is 3.77. The normalized spacial score (nSPS) is 22.8. The van der Waals surface area contributed by atoms with Crippen molar-refractivity contribution in [1.82, 2.24) is 0 Å². The lowest BCUT2D eigenvalue weighted by atomic mass is 9.82. The van der Waals surface area contributed by atoms with Crippen LogP contribution in [0.5, 0.6) is 0 Å².